The second kappa shape index (κ2) is 5.76. The summed E-state index contributed by atoms with van der Waals surface area (Å²) in [6.45, 7) is 10.5. The fraction of sp³-hybridized carbons (Fsp3) is 0.500. The third kappa shape index (κ3) is 2.60. The number of rotatable bonds is 4. The van der Waals surface area contributed by atoms with Crippen molar-refractivity contribution >= 4 is 11.6 Å². The number of anilines is 1. The zero-order valence-electron chi connectivity index (χ0n) is 13.3. The molecule has 0 saturated carbocycles. The SMILES string of the molecule is CCOc1ncc(C)c2c1C(C(C)C)C(C(N)=O)=C(C)N2. The maximum atomic E-state index is 11.9. The number of fused-ring (bicyclic) bond motifs is 1. The molecular formula is C16H23N3O2. The first-order valence-corrected chi connectivity index (χ1v) is 7.28. The summed E-state index contributed by atoms with van der Waals surface area (Å²) >= 11 is 0. The minimum absolute atomic E-state index is 0.104. The van der Waals surface area contributed by atoms with E-state index in [4.69, 9.17) is 10.5 Å². The number of carbonyl (C=O) groups is 1. The number of aryl methyl sites for hydroxylation is 1. The van der Waals surface area contributed by atoms with E-state index in [9.17, 15) is 4.79 Å². The number of nitrogens with zero attached hydrogens (tertiary/aromatic N) is 1. The standard InChI is InChI=1S/C16H23N3O2/c1-6-21-16-13-11(8(2)3)12(15(17)20)10(5)19-14(13)9(4)7-18-16/h7-8,11,19H,6H2,1-5H3,(H2,17,20). The highest BCUT2D eigenvalue weighted by Crippen LogP contribution is 2.46. The number of pyridine rings is 1. The van der Waals surface area contributed by atoms with Gasteiger partial charge >= 0.3 is 0 Å². The van der Waals surface area contributed by atoms with E-state index in [0.29, 0.717) is 18.1 Å². The Kier molecular flexibility index (Phi) is 4.21. The molecule has 0 aliphatic carbocycles. The number of nitrogens with one attached hydrogen (secondary N) is 1. The first kappa shape index (κ1) is 15.4. The molecule has 0 spiro atoms. The van der Waals surface area contributed by atoms with E-state index in [1.165, 1.54) is 0 Å². The van der Waals surface area contributed by atoms with Crippen LogP contribution in [-0.2, 0) is 4.79 Å². The fourth-order valence-electron chi connectivity index (χ4n) is 2.95. The summed E-state index contributed by atoms with van der Waals surface area (Å²) in [5.41, 5.74) is 9.98. The molecule has 5 nitrogen and oxygen atoms in total. The van der Waals surface area contributed by atoms with Gasteiger partial charge in [0, 0.05) is 28.9 Å². The fourth-order valence-corrected chi connectivity index (χ4v) is 2.95. The third-order valence-corrected chi connectivity index (χ3v) is 3.82. The molecule has 5 heteroatoms. The smallest absolute Gasteiger partial charge is 0.247 e. The number of carbonyl (C=O) groups excluding carboxylic acids is 1. The summed E-state index contributed by atoms with van der Waals surface area (Å²) in [5, 5.41) is 3.30. The Morgan fingerprint density at radius 3 is 2.67 bits per heavy atom. The Labute approximate surface area is 125 Å². The molecule has 1 amide bonds. The summed E-state index contributed by atoms with van der Waals surface area (Å²) in [7, 11) is 0. The molecule has 1 aliphatic heterocycles. The molecule has 114 valence electrons. The highest BCUT2D eigenvalue weighted by Gasteiger charge is 2.35. The summed E-state index contributed by atoms with van der Waals surface area (Å²) in [4.78, 5) is 16.3. The Hall–Kier alpha value is -2.04. The van der Waals surface area contributed by atoms with E-state index < -0.39 is 5.91 Å². The molecule has 1 atom stereocenters. The van der Waals surface area contributed by atoms with Crippen LogP contribution in [-0.4, -0.2) is 17.5 Å². The number of aromatic nitrogens is 1. The molecule has 0 fully saturated rings. The first-order valence-electron chi connectivity index (χ1n) is 7.28. The molecule has 3 N–H and O–H groups in total. The van der Waals surface area contributed by atoms with E-state index in [-0.39, 0.29) is 11.8 Å². The largest absolute Gasteiger partial charge is 0.478 e. The predicted octanol–water partition coefficient (Wildman–Crippen LogP) is 2.71. The lowest BCUT2D eigenvalue weighted by Gasteiger charge is -2.33. The summed E-state index contributed by atoms with van der Waals surface area (Å²) < 4.78 is 5.68. The Balaban J connectivity index is 2.71. The molecule has 0 radical (unpaired) electrons. The van der Waals surface area contributed by atoms with Gasteiger partial charge in [-0.05, 0) is 32.3 Å². The lowest BCUT2D eigenvalue weighted by Crippen LogP contribution is -2.30. The Morgan fingerprint density at radius 2 is 2.14 bits per heavy atom. The van der Waals surface area contributed by atoms with Crippen molar-refractivity contribution in [3.8, 4) is 5.88 Å². The molecule has 2 heterocycles. The molecule has 0 bridgehead atoms. The van der Waals surface area contributed by atoms with Crippen LogP contribution in [0.5, 0.6) is 5.88 Å². The Bertz CT molecular complexity index is 606. The lowest BCUT2D eigenvalue weighted by atomic mass is 9.78. The number of ether oxygens (including phenoxy) is 1. The molecule has 21 heavy (non-hydrogen) atoms. The van der Waals surface area contributed by atoms with E-state index in [1.54, 1.807) is 6.20 Å². The molecule has 1 aromatic heterocycles. The number of allylic oxidation sites excluding steroid dienone is 1. The van der Waals surface area contributed by atoms with Crippen LogP contribution in [0.25, 0.3) is 0 Å². The number of nitrogens with two attached hydrogens (primary N) is 1. The maximum Gasteiger partial charge on any atom is 0.247 e. The highest BCUT2D eigenvalue weighted by atomic mass is 16.5. The van der Waals surface area contributed by atoms with E-state index in [1.807, 2.05) is 20.8 Å². The van der Waals surface area contributed by atoms with Crippen LogP contribution in [0.2, 0.25) is 0 Å². The van der Waals surface area contributed by atoms with Gasteiger partial charge in [0.15, 0.2) is 0 Å². The third-order valence-electron chi connectivity index (χ3n) is 3.82. The van der Waals surface area contributed by atoms with Gasteiger partial charge < -0.3 is 15.8 Å². The van der Waals surface area contributed by atoms with Crippen molar-refractivity contribution < 1.29 is 9.53 Å². The van der Waals surface area contributed by atoms with Crippen LogP contribution in [0.15, 0.2) is 17.5 Å². The number of hydrogen-bond acceptors (Lipinski definition) is 4. The lowest BCUT2D eigenvalue weighted by molar-refractivity contribution is -0.115. The minimum atomic E-state index is -0.395. The van der Waals surface area contributed by atoms with E-state index in [0.717, 1.165) is 22.5 Å². The zero-order valence-corrected chi connectivity index (χ0v) is 13.3. The monoisotopic (exact) mass is 289 g/mol. The van der Waals surface area contributed by atoms with Gasteiger partial charge in [-0.15, -0.1) is 0 Å². The van der Waals surface area contributed by atoms with Gasteiger partial charge in [-0.25, -0.2) is 4.98 Å². The molecule has 2 rings (SSSR count). The molecule has 0 saturated heterocycles. The van der Waals surface area contributed by atoms with E-state index >= 15 is 0 Å². The second-order valence-electron chi connectivity index (χ2n) is 5.72. The first-order chi connectivity index (χ1) is 9.88. The van der Waals surface area contributed by atoms with Crippen molar-refractivity contribution in [2.75, 3.05) is 11.9 Å². The van der Waals surface area contributed by atoms with Crippen LogP contribution in [0.3, 0.4) is 0 Å². The number of primary amides is 1. The van der Waals surface area contributed by atoms with Crippen molar-refractivity contribution in [3.63, 3.8) is 0 Å². The molecular weight excluding hydrogens is 266 g/mol. The van der Waals surface area contributed by atoms with Crippen molar-refractivity contribution in [3.05, 3.63) is 28.6 Å². The maximum absolute atomic E-state index is 11.9. The normalized spacial score (nSPS) is 17.5. The zero-order chi connectivity index (χ0) is 15.7. The Morgan fingerprint density at radius 1 is 1.48 bits per heavy atom. The van der Waals surface area contributed by atoms with Gasteiger partial charge in [0.2, 0.25) is 11.8 Å². The van der Waals surface area contributed by atoms with Crippen LogP contribution in [0, 0.1) is 12.8 Å². The summed E-state index contributed by atoms with van der Waals surface area (Å²) in [6, 6.07) is 0. The average Bonchev–Trinajstić information content (AvgIpc) is 2.40. The molecule has 1 aliphatic rings. The van der Waals surface area contributed by atoms with Gasteiger partial charge in [-0.3, -0.25) is 4.79 Å². The quantitative estimate of drug-likeness (QED) is 0.893. The van der Waals surface area contributed by atoms with Crippen molar-refractivity contribution in [1.29, 1.82) is 0 Å². The van der Waals surface area contributed by atoms with Crippen molar-refractivity contribution in [1.82, 2.24) is 4.98 Å². The van der Waals surface area contributed by atoms with Gasteiger partial charge in [-0.2, -0.15) is 0 Å². The molecule has 1 unspecified atom stereocenters. The number of hydrogen-bond donors (Lipinski definition) is 2. The number of amides is 1. The minimum Gasteiger partial charge on any atom is -0.478 e. The van der Waals surface area contributed by atoms with Gasteiger partial charge in [0.05, 0.1) is 12.3 Å². The van der Waals surface area contributed by atoms with Gasteiger partial charge in [-0.1, -0.05) is 13.8 Å². The molecule has 0 aromatic carbocycles. The highest BCUT2D eigenvalue weighted by molar-refractivity contribution is 5.97. The second-order valence-corrected chi connectivity index (χ2v) is 5.72. The van der Waals surface area contributed by atoms with Crippen LogP contribution < -0.4 is 15.8 Å². The molecule has 1 aromatic rings. The van der Waals surface area contributed by atoms with Crippen LogP contribution in [0.4, 0.5) is 5.69 Å². The van der Waals surface area contributed by atoms with Gasteiger partial charge in [0.25, 0.3) is 0 Å². The van der Waals surface area contributed by atoms with Crippen LogP contribution >= 0.6 is 0 Å². The summed E-state index contributed by atoms with van der Waals surface area (Å²) in [6.07, 6.45) is 1.79. The topological polar surface area (TPSA) is 77.2 Å². The predicted molar refractivity (Wildman–Crippen MR) is 83.2 cm³/mol. The average molecular weight is 289 g/mol. The van der Waals surface area contributed by atoms with Crippen molar-refractivity contribution in [2.45, 2.75) is 40.5 Å². The van der Waals surface area contributed by atoms with Crippen molar-refractivity contribution in [2.24, 2.45) is 11.7 Å². The van der Waals surface area contributed by atoms with Crippen LogP contribution in [0.1, 0.15) is 44.7 Å². The van der Waals surface area contributed by atoms with E-state index in [2.05, 4.69) is 24.1 Å². The summed E-state index contributed by atoms with van der Waals surface area (Å²) in [5.74, 6) is 0.294. The van der Waals surface area contributed by atoms with Gasteiger partial charge in [0.1, 0.15) is 0 Å².